The van der Waals surface area contributed by atoms with Gasteiger partial charge in [-0.3, -0.25) is 4.79 Å². The monoisotopic (exact) mass is 358 g/mol. The molecule has 1 atom stereocenters. The van der Waals surface area contributed by atoms with E-state index in [0.29, 0.717) is 28.4 Å². The summed E-state index contributed by atoms with van der Waals surface area (Å²) in [6, 6.07) is 3.76. The number of nitrogens with two attached hydrogens (primary N) is 1. The highest BCUT2D eigenvalue weighted by atomic mass is 79.9. The van der Waals surface area contributed by atoms with Gasteiger partial charge in [0.2, 0.25) is 0 Å². The molecule has 0 aliphatic carbocycles. The lowest BCUT2D eigenvalue weighted by Crippen LogP contribution is -2.39. The van der Waals surface area contributed by atoms with Crippen molar-refractivity contribution in [3.05, 3.63) is 22.2 Å². The van der Waals surface area contributed by atoms with Gasteiger partial charge in [0.25, 0.3) is 5.91 Å². The van der Waals surface area contributed by atoms with Crippen molar-refractivity contribution in [2.75, 3.05) is 13.7 Å². The molecule has 0 spiro atoms. The molecule has 1 unspecified atom stereocenters. The Labute approximate surface area is 134 Å². The van der Waals surface area contributed by atoms with Crippen LogP contribution in [0.25, 0.3) is 0 Å². The molecule has 3 N–H and O–H groups in total. The molecule has 1 aromatic carbocycles. The zero-order chi connectivity index (χ0) is 16.0. The molecule has 0 aliphatic rings. The maximum absolute atomic E-state index is 11.9. The Balaban J connectivity index is 2.73. The quantitative estimate of drug-likeness (QED) is 0.784. The highest BCUT2D eigenvalue weighted by Gasteiger charge is 2.15. The summed E-state index contributed by atoms with van der Waals surface area (Å²) in [6.45, 7) is 6.42. The van der Waals surface area contributed by atoms with Crippen molar-refractivity contribution in [1.82, 2.24) is 5.32 Å². The van der Waals surface area contributed by atoms with E-state index in [0.717, 1.165) is 5.56 Å². The molecule has 1 rings (SSSR count). The lowest BCUT2D eigenvalue weighted by molar-refractivity contribution is -0.124. The van der Waals surface area contributed by atoms with Crippen LogP contribution in [0, 0.1) is 5.92 Å². The summed E-state index contributed by atoms with van der Waals surface area (Å²) >= 11 is 3.41. The van der Waals surface area contributed by atoms with Crippen LogP contribution < -0.4 is 20.5 Å². The topological polar surface area (TPSA) is 73.6 Å². The number of amides is 1. The summed E-state index contributed by atoms with van der Waals surface area (Å²) in [4.78, 5) is 11.9. The van der Waals surface area contributed by atoms with E-state index in [2.05, 4.69) is 35.1 Å². The van der Waals surface area contributed by atoms with Gasteiger partial charge in [0.05, 0.1) is 11.6 Å². The van der Waals surface area contributed by atoms with Crippen molar-refractivity contribution in [3.8, 4) is 11.5 Å². The normalized spacial score (nSPS) is 12.1. The van der Waals surface area contributed by atoms with Crippen molar-refractivity contribution >= 4 is 21.8 Å². The molecule has 21 heavy (non-hydrogen) atoms. The Hall–Kier alpha value is -1.27. The SMILES string of the molecule is COc1cc(CN)cc(Br)c1OCC(=O)NC(C)C(C)C. The lowest BCUT2D eigenvalue weighted by atomic mass is 10.1. The number of carbonyl (C=O) groups is 1. The second kappa shape index (κ2) is 8.24. The van der Waals surface area contributed by atoms with Gasteiger partial charge in [0.15, 0.2) is 18.1 Å². The molecular weight excluding hydrogens is 336 g/mol. The molecule has 0 fully saturated rings. The van der Waals surface area contributed by atoms with E-state index in [-0.39, 0.29) is 18.6 Å². The minimum Gasteiger partial charge on any atom is -0.493 e. The summed E-state index contributed by atoms with van der Waals surface area (Å²) in [5.74, 6) is 1.27. The second-order valence-electron chi connectivity index (χ2n) is 5.20. The molecule has 0 bridgehead atoms. The van der Waals surface area contributed by atoms with Gasteiger partial charge in [-0.25, -0.2) is 0 Å². The van der Waals surface area contributed by atoms with E-state index in [9.17, 15) is 4.79 Å². The van der Waals surface area contributed by atoms with E-state index in [1.807, 2.05) is 13.0 Å². The van der Waals surface area contributed by atoms with E-state index in [4.69, 9.17) is 15.2 Å². The number of hydrogen-bond donors (Lipinski definition) is 2. The zero-order valence-corrected chi connectivity index (χ0v) is 14.5. The lowest BCUT2D eigenvalue weighted by Gasteiger charge is -2.18. The summed E-state index contributed by atoms with van der Waals surface area (Å²) in [7, 11) is 1.55. The maximum atomic E-state index is 11.9. The minimum absolute atomic E-state index is 0.0615. The zero-order valence-electron chi connectivity index (χ0n) is 12.9. The molecule has 5 nitrogen and oxygen atoms in total. The first-order valence-corrected chi connectivity index (χ1v) is 7.67. The van der Waals surface area contributed by atoms with Crippen LogP contribution in [0.15, 0.2) is 16.6 Å². The van der Waals surface area contributed by atoms with Crippen LogP contribution in [0.3, 0.4) is 0 Å². The Morgan fingerprint density at radius 3 is 2.57 bits per heavy atom. The standard InChI is InChI=1S/C15H23BrN2O3/c1-9(2)10(3)18-14(19)8-21-15-12(16)5-11(7-17)6-13(15)20-4/h5-6,9-10H,7-8,17H2,1-4H3,(H,18,19). The number of nitrogens with one attached hydrogen (secondary N) is 1. The first-order valence-electron chi connectivity index (χ1n) is 6.87. The van der Waals surface area contributed by atoms with Crippen LogP contribution in [0.5, 0.6) is 11.5 Å². The summed E-state index contributed by atoms with van der Waals surface area (Å²) in [5, 5.41) is 2.89. The van der Waals surface area contributed by atoms with Gasteiger partial charge in [-0.15, -0.1) is 0 Å². The van der Waals surface area contributed by atoms with Crippen LogP contribution in [0.1, 0.15) is 26.3 Å². The fourth-order valence-corrected chi connectivity index (χ4v) is 2.24. The number of methoxy groups -OCH3 is 1. The fourth-order valence-electron chi connectivity index (χ4n) is 1.63. The average Bonchev–Trinajstić information content (AvgIpc) is 2.44. The summed E-state index contributed by atoms with van der Waals surface area (Å²) in [5.41, 5.74) is 6.54. The Morgan fingerprint density at radius 2 is 2.05 bits per heavy atom. The third-order valence-corrected chi connectivity index (χ3v) is 3.85. The highest BCUT2D eigenvalue weighted by Crippen LogP contribution is 2.36. The number of halogens is 1. The van der Waals surface area contributed by atoms with Crippen molar-refractivity contribution in [1.29, 1.82) is 0 Å². The van der Waals surface area contributed by atoms with Gasteiger partial charge < -0.3 is 20.5 Å². The second-order valence-corrected chi connectivity index (χ2v) is 6.06. The third kappa shape index (κ3) is 5.21. The van der Waals surface area contributed by atoms with E-state index in [1.54, 1.807) is 13.2 Å². The number of benzene rings is 1. The van der Waals surface area contributed by atoms with Gasteiger partial charge in [-0.1, -0.05) is 13.8 Å². The van der Waals surface area contributed by atoms with Crippen molar-refractivity contribution in [2.45, 2.75) is 33.4 Å². The van der Waals surface area contributed by atoms with Crippen molar-refractivity contribution in [3.63, 3.8) is 0 Å². The smallest absolute Gasteiger partial charge is 0.258 e. The molecule has 1 amide bonds. The molecule has 0 aromatic heterocycles. The molecule has 6 heteroatoms. The Bertz CT molecular complexity index is 492. The molecule has 0 saturated carbocycles. The molecule has 0 saturated heterocycles. The number of carbonyl (C=O) groups excluding carboxylic acids is 1. The number of hydrogen-bond acceptors (Lipinski definition) is 4. The van der Waals surface area contributed by atoms with Gasteiger partial charge in [0.1, 0.15) is 0 Å². The van der Waals surface area contributed by atoms with Crippen LogP contribution in [0.4, 0.5) is 0 Å². The summed E-state index contributed by atoms with van der Waals surface area (Å²) < 4.78 is 11.6. The number of rotatable bonds is 7. The maximum Gasteiger partial charge on any atom is 0.258 e. The van der Waals surface area contributed by atoms with E-state index < -0.39 is 0 Å². The van der Waals surface area contributed by atoms with Gasteiger partial charge in [-0.05, 0) is 46.5 Å². The molecule has 0 aliphatic heterocycles. The molecule has 0 radical (unpaired) electrons. The highest BCUT2D eigenvalue weighted by molar-refractivity contribution is 9.10. The predicted molar refractivity (Wildman–Crippen MR) is 86.5 cm³/mol. The van der Waals surface area contributed by atoms with Gasteiger partial charge >= 0.3 is 0 Å². The predicted octanol–water partition coefficient (Wildman–Crippen LogP) is 2.46. The molecule has 1 aromatic rings. The van der Waals surface area contributed by atoms with Crippen LogP contribution in [0.2, 0.25) is 0 Å². The first kappa shape index (κ1) is 17.8. The molecule has 0 heterocycles. The Kier molecular flexibility index (Phi) is 6.98. The van der Waals surface area contributed by atoms with Crippen LogP contribution in [-0.4, -0.2) is 25.7 Å². The van der Waals surface area contributed by atoms with Gasteiger partial charge in [-0.2, -0.15) is 0 Å². The third-order valence-electron chi connectivity index (χ3n) is 3.26. The van der Waals surface area contributed by atoms with Crippen LogP contribution in [-0.2, 0) is 11.3 Å². The summed E-state index contributed by atoms with van der Waals surface area (Å²) in [6.07, 6.45) is 0. The van der Waals surface area contributed by atoms with Gasteiger partial charge in [0, 0.05) is 12.6 Å². The Morgan fingerprint density at radius 1 is 1.38 bits per heavy atom. The van der Waals surface area contributed by atoms with E-state index >= 15 is 0 Å². The molecule has 118 valence electrons. The molecular formula is C15H23BrN2O3. The average molecular weight is 359 g/mol. The minimum atomic E-state index is -0.159. The van der Waals surface area contributed by atoms with Crippen molar-refractivity contribution < 1.29 is 14.3 Å². The van der Waals surface area contributed by atoms with Crippen LogP contribution >= 0.6 is 15.9 Å². The van der Waals surface area contributed by atoms with E-state index in [1.165, 1.54) is 0 Å². The largest absolute Gasteiger partial charge is 0.493 e. The van der Waals surface area contributed by atoms with Crippen molar-refractivity contribution in [2.24, 2.45) is 11.7 Å². The first-order chi connectivity index (χ1) is 9.88. The number of ether oxygens (including phenoxy) is 2. The fraction of sp³-hybridized carbons (Fsp3) is 0.533.